The molecule has 1 aromatic carbocycles. The normalized spacial score (nSPS) is 15.5. The second-order valence-electron chi connectivity index (χ2n) is 12.8. The third-order valence-electron chi connectivity index (χ3n) is 5.25. The third kappa shape index (κ3) is 11.4. The Labute approximate surface area is 263 Å². The molecule has 2 amide bonds. The van der Waals surface area contributed by atoms with Gasteiger partial charge in [0, 0.05) is 0 Å². The van der Waals surface area contributed by atoms with Crippen molar-refractivity contribution in [3.05, 3.63) is 45.4 Å². The molecule has 2 N–H and O–H groups in total. The second kappa shape index (κ2) is 14.5. The van der Waals surface area contributed by atoms with Crippen LogP contribution in [-0.2, 0) is 19.1 Å². The Morgan fingerprint density at radius 3 is 2.02 bits per heavy atom. The fourth-order valence-corrected chi connectivity index (χ4v) is 8.27. The summed E-state index contributed by atoms with van der Waals surface area (Å²) in [6, 6.07) is 5.55. The fourth-order valence-electron chi connectivity index (χ4n) is 3.54. The van der Waals surface area contributed by atoms with Crippen LogP contribution in [0.1, 0.15) is 90.0 Å². The van der Waals surface area contributed by atoms with Gasteiger partial charge in [0.1, 0.15) is 0 Å². The van der Waals surface area contributed by atoms with Crippen molar-refractivity contribution < 1.29 is 33.4 Å². The summed E-state index contributed by atoms with van der Waals surface area (Å²) in [5, 5.41) is 5.45. The fraction of sp³-hybridized carbons (Fsp3) is 0.567. The first kappa shape index (κ1) is 35.9. The maximum atomic E-state index is 13.5. The Morgan fingerprint density at radius 1 is 0.929 bits per heavy atom. The zero-order valence-corrected chi connectivity index (χ0v) is 29.3. The molecule has 0 aliphatic heterocycles. The minimum atomic E-state index is -1.25. The number of amides is 2. The number of alkyl carbamates (subject to hydrolysis) is 1. The van der Waals surface area contributed by atoms with Gasteiger partial charge in [-0.25, -0.2) is 0 Å². The van der Waals surface area contributed by atoms with Crippen LogP contribution in [0.5, 0.6) is 0 Å². The number of carbonyl (C=O) groups excluding carboxylic acids is 5. The molecule has 0 heterocycles. The van der Waals surface area contributed by atoms with Gasteiger partial charge in [0.25, 0.3) is 0 Å². The first-order valence-corrected chi connectivity index (χ1v) is 17.9. The Balaban J connectivity index is 2.30. The molecule has 2 atom stereocenters. The molecule has 0 fully saturated rings. The molecular weight excluding hydrogens is 643 g/mol. The van der Waals surface area contributed by atoms with Gasteiger partial charge >= 0.3 is 264 Å². The van der Waals surface area contributed by atoms with Gasteiger partial charge in [-0.1, -0.05) is 0 Å². The SMILES string of the molecule is CC1=C([Se]CC(OC(=O)[C@@H](CSSC(C)(C)C)NC(=O)OC(C)(C)C)C(=O)NC(C)(C)C)C(=O)c2ccccc2C1=O. The van der Waals surface area contributed by atoms with E-state index in [1.807, 2.05) is 20.8 Å². The van der Waals surface area contributed by atoms with Crippen molar-refractivity contribution in [3.8, 4) is 0 Å². The quantitative estimate of drug-likeness (QED) is 0.190. The van der Waals surface area contributed by atoms with Crippen molar-refractivity contribution in [2.45, 2.75) is 103 Å². The number of hydrogen-bond acceptors (Lipinski definition) is 9. The monoisotopic (exact) mass is 686 g/mol. The van der Waals surface area contributed by atoms with Crippen LogP contribution in [0.2, 0.25) is 5.32 Å². The van der Waals surface area contributed by atoms with Gasteiger partial charge in [-0.3, -0.25) is 0 Å². The van der Waals surface area contributed by atoms with Gasteiger partial charge in [0.2, 0.25) is 0 Å². The van der Waals surface area contributed by atoms with Crippen LogP contribution in [-0.4, -0.2) is 78.3 Å². The molecule has 0 bridgehead atoms. The molecule has 1 aliphatic carbocycles. The summed E-state index contributed by atoms with van der Waals surface area (Å²) in [6.07, 6.45) is -2.03. The topological polar surface area (TPSA) is 128 Å². The van der Waals surface area contributed by atoms with Crippen molar-refractivity contribution in [1.82, 2.24) is 10.6 Å². The molecule has 1 aliphatic rings. The zero-order valence-electron chi connectivity index (χ0n) is 26.0. The Kier molecular flexibility index (Phi) is 12.4. The number of benzene rings is 1. The number of ketones is 2. The molecule has 9 nitrogen and oxygen atoms in total. The van der Waals surface area contributed by atoms with E-state index in [0.717, 1.165) is 0 Å². The van der Waals surface area contributed by atoms with E-state index in [1.54, 1.807) is 83.5 Å². The summed E-state index contributed by atoms with van der Waals surface area (Å²) in [7, 11) is 2.93. The minimum absolute atomic E-state index is 0.0254. The number of esters is 1. The summed E-state index contributed by atoms with van der Waals surface area (Å²) in [4.78, 5) is 65.6. The van der Waals surface area contributed by atoms with Crippen molar-refractivity contribution in [2.24, 2.45) is 0 Å². The van der Waals surface area contributed by atoms with E-state index in [-0.39, 0.29) is 27.4 Å². The van der Waals surface area contributed by atoms with Gasteiger partial charge in [0.15, 0.2) is 0 Å². The molecule has 0 aromatic heterocycles. The molecule has 0 saturated heterocycles. The van der Waals surface area contributed by atoms with Gasteiger partial charge < -0.3 is 0 Å². The summed E-state index contributed by atoms with van der Waals surface area (Å²) in [6.45, 7) is 18.2. The number of allylic oxidation sites excluding steroid dienone is 2. The molecule has 2 rings (SSSR count). The summed E-state index contributed by atoms with van der Waals surface area (Å²) >= 11 is -0.671. The summed E-state index contributed by atoms with van der Waals surface area (Å²) < 4.78 is 11.3. The summed E-state index contributed by atoms with van der Waals surface area (Å²) in [5.74, 6) is -1.64. The van der Waals surface area contributed by atoms with Crippen LogP contribution in [0.15, 0.2) is 34.3 Å². The van der Waals surface area contributed by atoms with Crippen LogP contribution in [0.4, 0.5) is 4.79 Å². The number of rotatable bonds is 10. The third-order valence-corrected chi connectivity index (χ3v) is 11.2. The molecule has 0 radical (unpaired) electrons. The van der Waals surface area contributed by atoms with E-state index in [0.29, 0.717) is 21.2 Å². The van der Waals surface area contributed by atoms with E-state index in [9.17, 15) is 24.0 Å². The average Bonchev–Trinajstić information content (AvgIpc) is 2.83. The van der Waals surface area contributed by atoms with E-state index in [2.05, 4.69) is 10.6 Å². The molecule has 1 aromatic rings. The van der Waals surface area contributed by atoms with E-state index < -0.39 is 56.2 Å². The van der Waals surface area contributed by atoms with Crippen molar-refractivity contribution >= 4 is 66.1 Å². The first-order chi connectivity index (χ1) is 19.2. The van der Waals surface area contributed by atoms with Crippen LogP contribution in [0.3, 0.4) is 0 Å². The number of ether oxygens (including phenoxy) is 2. The predicted molar refractivity (Wildman–Crippen MR) is 169 cm³/mol. The second-order valence-corrected chi connectivity index (χ2v) is 18.1. The number of Topliss-reactive ketones (excluding diaryl/α,β-unsaturated/α-hetero) is 2. The van der Waals surface area contributed by atoms with Crippen LogP contribution < -0.4 is 10.6 Å². The standard InChI is InChI=1S/C30H42N2O7S2Se/c1-17-22(33)18-13-11-12-14-19(18)23(34)24(17)42-16-21(25(35)32-28(2,3)4)38-26(36)20(15-40-41-30(8,9)10)31-27(37)39-29(5,6)7/h11-14,20-21H,15-16H2,1-10H3,(H,31,37)(H,32,35)/t20-,21?/m1/s1. The Bertz CT molecular complexity index is 1240. The molecular formula is C30H42N2O7S2Se. The number of nitrogens with one attached hydrogen (secondary N) is 2. The molecule has 232 valence electrons. The molecule has 1 unspecified atom stereocenters. The molecule has 42 heavy (non-hydrogen) atoms. The van der Waals surface area contributed by atoms with Crippen molar-refractivity contribution in [2.75, 3.05) is 5.75 Å². The van der Waals surface area contributed by atoms with Crippen LogP contribution >= 0.6 is 21.6 Å². The van der Waals surface area contributed by atoms with E-state index >= 15 is 0 Å². The van der Waals surface area contributed by atoms with E-state index in [4.69, 9.17) is 9.47 Å². The Morgan fingerprint density at radius 2 is 1.50 bits per heavy atom. The van der Waals surface area contributed by atoms with Gasteiger partial charge in [-0.2, -0.15) is 0 Å². The van der Waals surface area contributed by atoms with Crippen LogP contribution in [0, 0.1) is 0 Å². The zero-order chi connectivity index (χ0) is 32.0. The maximum absolute atomic E-state index is 13.5. The first-order valence-electron chi connectivity index (χ1n) is 13.5. The Hall–Kier alpha value is -2.27. The van der Waals surface area contributed by atoms with Gasteiger partial charge in [0.05, 0.1) is 0 Å². The number of carbonyl (C=O) groups is 5. The van der Waals surface area contributed by atoms with Crippen LogP contribution in [0.25, 0.3) is 0 Å². The predicted octanol–water partition coefficient (Wildman–Crippen LogP) is 5.36. The van der Waals surface area contributed by atoms with Crippen molar-refractivity contribution in [1.29, 1.82) is 0 Å². The molecule has 12 heteroatoms. The number of hydrogen-bond donors (Lipinski definition) is 2. The molecule has 0 saturated carbocycles. The van der Waals surface area contributed by atoms with Crippen molar-refractivity contribution in [3.63, 3.8) is 0 Å². The average molecular weight is 686 g/mol. The van der Waals surface area contributed by atoms with Gasteiger partial charge in [-0.05, 0) is 0 Å². The summed E-state index contributed by atoms with van der Waals surface area (Å²) in [5.41, 5.74) is -0.382. The van der Waals surface area contributed by atoms with E-state index in [1.165, 1.54) is 10.8 Å². The van der Waals surface area contributed by atoms with Gasteiger partial charge in [-0.15, -0.1) is 0 Å². The number of fused-ring (bicyclic) bond motifs is 1. The molecule has 0 spiro atoms.